The van der Waals surface area contributed by atoms with Crippen molar-refractivity contribution in [1.29, 1.82) is 0 Å². The largest absolute Gasteiger partial charge is 0.0622 e. The summed E-state index contributed by atoms with van der Waals surface area (Å²) in [4.78, 5) is 0. The van der Waals surface area contributed by atoms with Crippen molar-refractivity contribution in [2.24, 2.45) is 0 Å². The molecule has 56 heavy (non-hydrogen) atoms. The molecule has 0 heteroatoms. The van der Waals surface area contributed by atoms with Gasteiger partial charge in [-0.1, -0.05) is 224 Å². The van der Waals surface area contributed by atoms with E-state index in [1.54, 1.807) is 0 Å². The molecule has 0 bridgehead atoms. The molecule has 0 nitrogen and oxygen atoms in total. The van der Waals surface area contributed by atoms with Crippen molar-refractivity contribution in [3.8, 4) is 11.1 Å². The zero-order chi connectivity index (χ0) is 37.5. The van der Waals surface area contributed by atoms with E-state index < -0.39 is 0 Å². The minimum atomic E-state index is 1.16. The first-order valence-electron chi connectivity index (χ1n) is 19.3. The molecule has 0 fully saturated rings. The van der Waals surface area contributed by atoms with Crippen molar-refractivity contribution >= 4 is 33.1 Å². The van der Waals surface area contributed by atoms with Gasteiger partial charge >= 0.3 is 0 Å². The van der Waals surface area contributed by atoms with E-state index >= 15 is 0 Å². The fourth-order valence-corrected chi connectivity index (χ4v) is 7.90. The third-order valence-corrected chi connectivity index (χ3v) is 10.5. The molecule has 0 radical (unpaired) electrons. The zero-order valence-electron chi connectivity index (χ0n) is 31.1. The van der Waals surface area contributed by atoms with E-state index in [2.05, 4.69) is 243 Å². The van der Waals surface area contributed by atoms with Gasteiger partial charge in [0.2, 0.25) is 0 Å². The van der Waals surface area contributed by atoms with E-state index in [4.69, 9.17) is 0 Å². The summed E-state index contributed by atoms with van der Waals surface area (Å²) in [5.74, 6) is 0. The van der Waals surface area contributed by atoms with Gasteiger partial charge in [-0.25, -0.2) is 0 Å². The van der Waals surface area contributed by atoms with E-state index in [1.807, 2.05) is 0 Å². The monoisotopic (exact) mass is 712 g/mol. The lowest BCUT2D eigenvalue weighted by Gasteiger charge is -2.20. The summed E-state index contributed by atoms with van der Waals surface area (Å²) in [6.07, 6.45) is 0. The first-order valence-corrected chi connectivity index (χ1v) is 19.3. The molecule has 9 aromatic carbocycles. The molecule has 0 saturated heterocycles. The van der Waals surface area contributed by atoms with Crippen LogP contribution < -0.4 is 0 Å². The minimum Gasteiger partial charge on any atom is -0.0622 e. The second kappa shape index (κ2) is 16.0. The Morgan fingerprint density at radius 1 is 0.179 bits per heavy atom. The van der Waals surface area contributed by atoms with Crippen molar-refractivity contribution < 1.29 is 0 Å². The molecule has 0 heterocycles. The Balaban J connectivity index is 1.27. The number of hydrogen-bond acceptors (Lipinski definition) is 0. The lowest BCUT2D eigenvalue weighted by atomic mass is 9.83. The van der Waals surface area contributed by atoms with Crippen LogP contribution in [0.2, 0.25) is 0 Å². The van der Waals surface area contributed by atoms with Crippen molar-refractivity contribution in [3.63, 3.8) is 0 Å². The van der Waals surface area contributed by atoms with Gasteiger partial charge in [-0.3, -0.25) is 0 Å². The highest BCUT2D eigenvalue weighted by Gasteiger charge is 2.19. The Morgan fingerprint density at radius 2 is 0.464 bits per heavy atom. The van der Waals surface area contributed by atoms with Gasteiger partial charge in [0.05, 0.1) is 0 Å². The van der Waals surface area contributed by atoms with Gasteiger partial charge in [-0.15, -0.1) is 0 Å². The standard InChI is InChI=1S/C56H40/c1-6-21-42(22-7-1)53(43-23-8-2-9-24-43)55(46-29-14-5-15-30-46)50-34-18-32-48(39-50)49-33-19-35-51(40-49)56(52-37-36-41-20-16-17-31-47(41)38-52)54(44-25-10-3-11-26-44)45-27-12-4-13-28-45/h1-40H. The molecule has 0 aliphatic carbocycles. The average Bonchev–Trinajstić information content (AvgIpc) is 3.28. The topological polar surface area (TPSA) is 0 Å². The van der Waals surface area contributed by atoms with Gasteiger partial charge in [0.1, 0.15) is 0 Å². The second-order valence-electron chi connectivity index (χ2n) is 14.1. The van der Waals surface area contributed by atoms with Crippen molar-refractivity contribution in [2.75, 3.05) is 0 Å². The van der Waals surface area contributed by atoms with Gasteiger partial charge in [-0.2, -0.15) is 0 Å². The van der Waals surface area contributed by atoms with Gasteiger partial charge < -0.3 is 0 Å². The highest BCUT2D eigenvalue weighted by Crippen LogP contribution is 2.41. The number of hydrogen-bond donors (Lipinski definition) is 0. The fourth-order valence-electron chi connectivity index (χ4n) is 7.90. The van der Waals surface area contributed by atoms with Crippen LogP contribution in [0.1, 0.15) is 44.5 Å². The van der Waals surface area contributed by atoms with Crippen LogP contribution in [0.15, 0.2) is 243 Å². The maximum Gasteiger partial charge on any atom is -0.00264 e. The van der Waals surface area contributed by atoms with E-state index in [9.17, 15) is 0 Å². The summed E-state index contributed by atoms with van der Waals surface area (Å²) in [6.45, 7) is 0. The van der Waals surface area contributed by atoms with Crippen molar-refractivity contribution in [1.82, 2.24) is 0 Å². The minimum absolute atomic E-state index is 1.16. The average molecular weight is 713 g/mol. The number of benzene rings is 9. The summed E-state index contributed by atoms with van der Waals surface area (Å²) in [5, 5.41) is 2.45. The van der Waals surface area contributed by atoms with Crippen LogP contribution in [-0.4, -0.2) is 0 Å². The van der Waals surface area contributed by atoms with E-state index in [0.29, 0.717) is 0 Å². The third kappa shape index (κ3) is 7.17. The van der Waals surface area contributed by atoms with Crippen LogP contribution in [0.25, 0.3) is 44.2 Å². The Labute approximate surface area is 330 Å². The van der Waals surface area contributed by atoms with Gasteiger partial charge in [-0.05, 0) is 107 Å². The molecule has 0 aliphatic heterocycles. The Kier molecular flexibility index (Phi) is 9.84. The normalized spacial score (nSPS) is 10.9. The fraction of sp³-hybridized carbons (Fsp3) is 0. The van der Waals surface area contributed by atoms with Crippen molar-refractivity contribution in [3.05, 3.63) is 287 Å². The molecule has 0 aromatic heterocycles. The lowest BCUT2D eigenvalue weighted by molar-refractivity contribution is 1.49. The lowest BCUT2D eigenvalue weighted by Crippen LogP contribution is -1.99. The van der Waals surface area contributed by atoms with Crippen LogP contribution in [0.4, 0.5) is 0 Å². The van der Waals surface area contributed by atoms with Crippen LogP contribution in [-0.2, 0) is 0 Å². The molecule has 0 spiro atoms. The molecule has 9 rings (SSSR count). The molecule has 0 unspecified atom stereocenters. The molecule has 0 N–H and O–H groups in total. The van der Waals surface area contributed by atoms with E-state index in [0.717, 1.165) is 11.1 Å². The molecule has 9 aromatic rings. The molecular formula is C56H40. The summed E-state index contributed by atoms with van der Waals surface area (Å²) in [6, 6.07) is 87.6. The first-order chi connectivity index (χ1) is 27.8. The Bertz CT molecular complexity index is 2710. The molecule has 0 saturated carbocycles. The maximum absolute atomic E-state index is 2.37. The smallest absolute Gasteiger partial charge is 0.00264 e. The quantitative estimate of drug-likeness (QED) is 0.131. The SMILES string of the molecule is c1ccc(C(=C(c2ccccc2)c2cccc(-c3cccc(C(=C(c4ccccc4)c4ccccc4)c4ccc5ccccc5c4)c3)c2)c2ccccc2)cc1. The molecule has 0 atom stereocenters. The highest BCUT2D eigenvalue weighted by atomic mass is 14.2. The Morgan fingerprint density at radius 3 is 0.857 bits per heavy atom. The predicted octanol–water partition coefficient (Wildman–Crippen LogP) is 14.5. The summed E-state index contributed by atoms with van der Waals surface area (Å²) < 4.78 is 0. The number of rotatable bonds is 9. The summed E-state index contributed by atoms with van der Waals surface area (Å²) in [7, 11) is 0. The number of fused-ring (bicyclic) bond motifs is 1. The van der Waals surface area contributed by atoms with Crippen LogP contribution in [0.5, 0.6) is 0 Å². The van der Waals surface area contributed by atoms with Gasteiger partial charge in [0.15, 0.2) is 0 Å². The zero-order valence-corrected chi connectivity index (χ0v) is 31.1. The second-order valence-corrected chi connectivity index (χ2v) is 14.1. The summed E-state index contributed by atoms with van der Waals surface area (Å²) in [5.41, 5.74) is 16.6. The highest BCUT2D eigenvalue weighted by molar-refractivity contribution is 6.07. The van der Waals surface area contributed by atoms with E-state index in [-0.39, 0.29) is 0 Å². The van der Waals surface area contributed by atoms with Crippen molar-refractivity contribution in [2.45, 2.75) is 0 Å². The first kappa shape index (κ1) is 34.5. The van der Waals surface area contributed by atoms with Gasteiger partial charge in [0, 0.05) is 0 Å². The van der Waals surface area contributed by atoms with Crippen LogP contribution >= 0.6 is 0 Å². The molecular weight excluding hydrogens is 673 g/mol. The predicted molar refractivity (Wildman–Crippen MR) is 238 cm³/mol. The van der Waals surface area contributed by atoms with Gasteiger partial charge in [0.25, 0.3) is 0 Å². The van der Waals surface area contributed by atoms with E-state index in [1.165, 1.54) is 77.6 Å². The maximum atomic E-state index is 2.37. The summed E-state index contributed by atoms with van der Waals surface area (Å²) >= 11 is 0. The molecule has 0 aliphatic rings. The van der Waals surface area contributed by atoms with Crippen LogP contribution in [0, 0.1) is 0 Å². The third-order valence-electron chi connectivity index (χ3n) is 10.5. The molecule has 0 amide bonds. The Hall–Kier alpha value is -7.28. The molecule has 264 valence electrons. The van der Waals surface area contributed by atoms with Crippen LogP contribution in [0.3, 0.4) is 0 Å².